The number of carbonyl (C=O) groups is 1. The summed E-state index contributed by atoms with van der Waals surface area (Å²) >= 11 is 0. The third-order valence-corrected chi connectivity index (χ3v) is 6.45. The number of piperidine rings is 1. The van der Waals surface area contributed by atoms with Crippen LogP contribution in [0.5, 0.6) is 0 Å². The van der Waals surface area contributed by atoms with E-state index < -0.39 is 10.0 Å². The second kappa shape index (κ2) is 7.85. The van der Waals surface area contributed by atoms with Gasteiger partial charge >= 0.3 is 0 Å². The van der Waals surface area contributed by atoms with E-state index in [-0.39, 0.29) is 23.5 Å². The molecule has 0 aliphatic carbocycles. The Hall–Kier alpha value is -1.44. The third-order valence-electron chi connectivity index (χ3n) is 5.01. The molecule has 25 heavy (non-hydrogen) atoms. The largest absolute Gasteiger partial charge is 0.377 e. The molecule has 0 aromatic heterocycles. The van der Waals surface area contributed by atoms with Gasteiger partial charge in [0.15, 0.2) is 0 Å². The van der Waals surface area contributed by atoms with Gasteiger partial charge in [-0.2, -0.15) is 0 Å². The highest BCUT2D eigenvalue weighted by Crippen LogP contribution is 2.19. The first-order chi connectivity index (χ1) is 12.0. The van der Waals surface area contributed by atoms with Gasteiger partial charge in [0.05, 0.1) is 11.0 Å². The zero-order valence-corrected chi connectivity index (χ0v) is 15.4. The number of amides is 1. The van der Waals surface area contributed by atoms with Crippen molar-refractivity contribution in [1.82, 2.24) is 9.62 Å². The summed E-state index contributed by atoms with van der Waals surface area (Å²) in [5, 5.41) is 0. The molecule has 2 aliphatic rings. The van der Waals surface area contributed by atoms with Gasteiger partial charge in [0.25, 0.3) is 5.91 Å². The lowest BCUT2D eigenvalue weighted by Gasteiger charge is -2.30. The van der Waals surface area contributed by atoms with Gasteiger partial charge in [0.1, 0.15) is 0 Å². The smallest absolute Gasteiger partial charge is 0.253 e. The second-order valence-electron chi connectivity index (χ2n) is 6.99. The summed E-state index contributed by atoms with van der Waals surface area (Å²) in [5.74, 6) is 0.634. The fourth-order valence-corrected chi connectivity index (χ4v) is 4.33. The van der Waals surface area contributed by atoms with Crippen molar-refractivity contribution < 1.29 is 17.9 Å². The van der Waals surface area contributed by atoms with Crippen LogP contribution in [0.15, 0.2) is 29.2 Å². The number of benzene rings is 1. The molecule has 1 atom stereocenters. The zero-order chi connectivity index (χ0) is 17.9. The standard InChI is InChI=1S/C18H26N2O4S/c1-14-8-10-20(11-9-14)18(21)15-4-6-17(7-5-15)25(22,23)19-13-16-3-2-12-24-16/h4-7,14,16,19H,2-3,8-13H2,1H3. The van der Waals surface area contributed by atoms with E-state index in [1.807, 2.05) is 4.90 Å². The maximum atomic E-state index is 12.5. The van der Waals surface area contributed by atoms with E-state index in [9.17, 15) is 13.2 Å². The molecule has 6 nitrogen and oxygen atoms in total. The number of rotatable bonds is 5. The van der Waals surface area contributed by atoms with E-state index in [1.165, 1.54) is 12.1 Å². The van der Waals surface area contributed by atoms with Gasteiger partial charge in [-0.15, -0.1) is 0 Å². The minimum atomic E-state index is -3.58. The molecule has 1 unspecified atom stereocenters. The first-order valence-corrected chi connectivity index (χ1v) is 10.4. The van der Waals surface area contributed by atoms with E-state index in [0.717, 1.165) is 38.8 Å². The number of nitrogens with one attached hydrogen (secondary N) is 1. The minimum Gasteiger partial charge on any atom is -0.377 e. The lowest BCUT2D eigenvalue weighted by atomic mass is 9.98. The van der Waals surface area contributed by atoms with E-state index in [0.29, 0.717) is 18.1 Å². The summed E-state index contributed by atoms with van der Waals surface area (Å²) in [5.41, 5.74) is 0.535. The van der Waals surface area contributed by atoms with Crippen molar-refractivity contribution in [2.24, 2.45) is 5.92 Å². The number of sulfonamides is 1. The number of carbonyl (C=O) groups excluding carboxylic acids is 1. The molecule has 0 bridgehead atoms. The Kier molecular flexibility index (Phi) is 5.76. The van der Waals surface area contributed by atoms with Crippen LogP contribution in [0.1, 0.15) is 43.0 Å². The van der Waals surface area contributed by atoms with Crippen molar-refractivity contribution in [2.45, 2.75) is 43.6 Å². The van der Waals surface area contributed by atoms with Crippen LogP contribution in [0, 0.1) is 5.92 Å². The highest BCUT2D eigenvalue weighted by atomic mass is 32.2. The number of likely N-dealkylation sites (tertiary alicyclic amines) is 1. The molecule has 2 fully saturated rings. The maximum absolute atomic E-state index is 12.5. The van der Waals surface area contributed by atoms with Gasteiger partial charge < -0.3 is 9.64 Å². The molecule has 2 heterocycles. The molecule has 0 saturated carbocycles. The summed E-state index contributed by atoms with van der Waals surface area (Å²) in [6.45, 7) is 4.71. The monoisotopic (exact) mass is 366 g/mol. The van der Waals surface area contributed by atoms with Gasteiger partial charge in [0.2, 0.25) is 10.0 Å². The predicted molar refractivity (Wildman–Crippen MR) is 94.9 cm³/mol. The number of nitrogens with zero attached hydrogens (tertiary/aromatic N) is 1. The molecule has 0 spiro atoms. The summed E-state index contributed by atoms with van der Waals surface area (Å²) in [6.07, 6.45) is 3.84. The van der Waals surface area contributed by atoms with Gasteiger partial charge in [-0.05, 0) is 55.9 Å². The average molecular weight is 366 g/mol. The van der Waals surface area contributed by atoms with Crippen LogP contribution in [0.4, 0.5) is 0 Å². The van der Waals surface area contributed by atoms with Gasteiger partial charge in [-0.25, -0.2) is 13.1 Å². The quantitative estimate of drug-likeness (QED) is 0.865. The van der Waals surface area contributed by atoms with Gasteiger partial charge in [0, 0.05) is 31.8 Å². The van der Waals surface area contributed by atoms with Crippen molar-refractivity contribution >= 4 is 15.9 Å². The fraction of sp³-hybridized carbons (Fsp3) is 0.611. The minimum absolute atomic E-state index is 0.0248. The Morgan fingerprint density at radius 3 is 2.48 bits per heavy atom. The Balaban J connectivity index is 1.61. The molecule has 1 aromatic rings. The highest BCUT2D eigenvalue weighted by Gasteiger charge is 2.23. The van der Waals surface area contributed by atoms with E-state index in [4.69, 9.17) is 4.74 Å². The van der Waals surface area contributed by atoms with Crippen molar-refractivity contribution in [3.8, 4) is 0 Å². The number of hydrogen-bond acceptors (Lipinski definition) is 4. The Morgan fingerprint density at radius 1 is 1.20 bits per heavy atom. The SMILES string of the molecule is CC1CCN(C(=O)c2ccc(S(=O)(=O)NCC3CCCO3)cc2)CC1. The van der Waals surface area contributed by atoms with Crippen LogP contribution in [-0.2, 0) is 14.8 Å². The van der Waals surface area contributed by atoms with Crippen LogP contribution in [-0.4, -0.2) is 51.6 Å². The normalized spacial score (nSPS) is 22.3. The molecule has 1 amide bonds. The predicted octanol–water partition coefficient (Wildman–Crippen LogP) is 2.02. The first kappa shape index (κ1) is 18.4. The van der Waals surface area contributed by atoms with Crippen LogP contribution in [0.3, 0.4) is 0 Å². The van der Waals surface area contributed by atoms with E-state index >= 15 is 0 Å². The van der Waals surface area contributed by atoms with Gasteiger partial charge in [-0.3, -0.25) is 4.79 Å². The first-order valence-electron chi connectivity index (χ1n) is 8.96. The molecule has 1 N–H and O–H groups in total. The summed E-state index contributed by atoms with van der Waals surface area (Å²) in [6, 6.07) is 6.19. The highest BCUT2D eigenvalue weighted by molar-refractivity contribution is 7.89. The molecule has 0 radical (unpaired) electrons. The summed E-state index contributed by atoms with van der Waals surface area (Å²) in [7, 11) is -3.58. The van der Waals surface area contributed by atoms with Crippen molar-refractivity contribution in [2.75, 3.05) is 26.2 Å². The number of hydrogen-bond donors (Lipinski definition) is 1. The maximum Gasteiger partial charge on any atom is 0.253 e. The van der Waals surface area contributed by atoms with Crippen LogP contribution in [0.25, 0.3) is 0 Å². The van der Waals surface area contributed by atoms with Crippen molar-refractivity contribution in [1.29, 1.82) is 0 Å². The molecule has 2 aliphatic heterocycles. The van der Waals surface area contributed by atoms with Crippen molar-refractivity contribution in [3.63, 3.8) is 0 Å². The number of ether oxygens (including phenoxy) is 1. The molecule has 7 heteroatoms. The third kappa shape index (κ3) is 4.59. The molecular formula is C18H26N2O4S. The van der Waals surface area contributed by atoms with Crippen molar-refractivity contribution in [3.05, 3.63) is 29.8 Å². The summed E-state index contributed by atoms with van der Waals surface area (Å²) in [4.78, 5) is 14.5. The van der Waals surface area contributed by atoms with Gasteiger partial charge in [-0.1, -0.05) is 6.92 Å². The molecule has 138 valence electrons. The lowest BCUT2D eigenvalue weighted by molar-refractivity contribution is 0.0697. The molecule has 1 aromatic carbocycles. The molecular weight excluding hydrogens is 340 g/mol. The molecule has 2 saturated heterocycles. The summed E-state index contributed by atoms with van der Waals surface area (Å²) < 4.78 is 32.7. The Morgan fingerprint density at radius 2 is 1.88 bits per heavy atom. The van der Waals surface area contributed by atoms with E-state index in [1.54, 1.807) is 12.1 Å². The van der Waals surface area contributed by atoms with Crippen LogP contribution >= 0.6 is 0 Å². The lowest BCUT2D eigenvalue weighted by Crippen LogP contribution is -2.37. The van der Waals surface area contributed by atoms with E-state index in [2.05, 4.69) is 11.6 Å². The fourth-order valence-electron chi connectivity index (χ4n) is 3.26. The second-order valence-corrected chi connectivity index (χ2v) is 8.75. The zero-order valence-electron chi connectivity index (χ0n) is 14.6. The Bertz CT molecular complexity index is 688. The van der Waals surface area contributed by atoms with Crippen LogP contribution in [0.2, 0.25) is 0 Å². The van der Waals surface area contributed by atoms with Crippen LogP contribution < -0.4 is 4.72 Å². The average Bonchev–Trinajstić information content (AvgIpc) is 3.14. The molecule has 3 rings (SSSR count). The topological polar surface area (TPSA) is 75.7 Å². The Labute approximate surface area is 149 Å².